The summed E-state index contributed by atoms with van der Waals surface area (Å²) in [6.45, 7) is 9.06. The molecule has 180 valence electrons. The molecule has 0 aromatic rings. The Morgan fingerprint density at radius 2 is 2.00 bits per heavy atom. The van der Waals surface area contributed by atoms with E-state index in [4.69, 9.17) is 9.47 Å². The number of allylic oxidation sites excluding steroid dienone is 4. The van der Waals surface area contributed by atoms with E-state index in [1.165, 1.54) is 19.3 Å². The molecule has 2 fully saturated rings. The van der Waals surface area contributed by atoms with Crippen LogP contribution in [0.15, 0.2) is 35.6 Å². The molecule has 4 aliphatic carbocycles. The Hall–Kier alpha value is -3.01. The molecule has 0 aromatic carbocycles. The molecule has 0 aliphatic heterocycles. The van der Waals surface area contributed by atoms with Crippen molar-refractivity contribution in [2.45, 2.75) is 46.5 Å². The first-order valence-corrected chi connectivity index (χ1v) is 11.8. The summed E-state index contributed by atoms with van der Waals surface area (Å²) in [6.07, 6.45) is 5.60. The number of hydrogen-bond acceptors (Lipinski definition) is 7. The molecule has 0 aromatic heterocycles. The highest BCUT2D eigenvalue weighted by Gasteiger charge is 2.70. The van der Waals surface area contributed by atoms with Crippen molar-refractivity contribution >= 4 is 23.8 Å². The first-order chi connectivity index (χ1) is 16.1. The predicted molar refractivity (Wildman–Crippen MR) is 122 cm³/mol. The van der Waals surface area contributed by atoms with Crippen LogP contribution >= 0.6 is 0 Å². The average molecular weight is 466 g/mol. The van der Waals surface area contributed by atoms with Crippen molar-refractivity contribution in [1.29, 1.82) is 5.26 Å². The number of nitriles is 1. The monoisotopic (exact) mass is 465 g/mol. The van der Waals surface area contributed by atoms with Gasteiger partial charge >= 0.3 is 5.97 Å². The van der Waals surface area contributed by atoms with Crippen LogP contribution in [0.3, 0.4) is 0 Å². The second-order valence-electron chi connectivity index (χ2n) is 10.7. The number of carbonyl (C=O) groups is 4. The second kappa shape index (κ2) is 8.04. The van der Waals surface area contributed by atoms with Crippen LogP contribution in [0.25, 0.3) is 0 Å². The molecule has 6 atom stereocenters. The molecule has 0 spiro atoms. The zero-order chi connectivity index (χ0) is 25.1. The van der Waals surface area contributed by atoms with Gasteiger partial charge in [-0.1, -0.05) is 39.0 Å². The molecule has 0 radical (unpaired) electrons. The minimum atomic E-state index is -1.59. The van der Waals surface area contributed by atoms with Gasteiger partial charge in [0.1, 0.15) is 30.0 Å². The van der Waals surface area contributed by atoms with Crippen molar-refractivity contribution in [3.8, 4) is 6.07 Å². The molecule has 7 heteroatoms. The smallest absolute Gasteiger partial charge is 0.317 e. The molecule has 4 aliphatic rings. The molecule has 0 bridgehead atoms. The van der Waals surface area contributed by atoms with Crippen molar-refractivity contribution in [3.63, 3.8) is 0 Å². The molecule has 0 heterocycles. The summed E-state index contributed by atoms with van der Waals surface area (Å²) in [5.41, 5.74) is -1.84. The van der Waals surface area contributed by atoms with Gasteiger partial charge in [-0.3, -0.25) is 14.4 Å². The molecular weight excluding hydrogens is 434 g/mol. The first kappa shape index (κ1) is 24.1. The lowest BCUT2D eigenvalue weighted by Crippen LogP contribution is -2.65. The van der Waals surface area contributed by atoms with Gasteiger partial charge in [0.25, 0.3) is 0 Å². The van der Waals surface area contributed by atoms with Crippen LogP contribution < -0.4 is 0 Å². The zero-order valence-corrected chi connectivity index (χ0v) is 20.2. The molecule has 0 saturated heterocycles. The number of fused-ring (bicyclic) bond motifs is 4. The summed E-state index contributed by atoms with van der Waals surface area (Å²) in [5, 5.41) is 9.75. The summed E-state index contributed by atoms with van der Waals surface area (Å²) in [4.78, 5) is 54.3. The van der Waals surface area contributed by atoms with Crippen molar-refractivity contribution in [2.24, 2.45) is 39.9 Å². The standard InChI is InChI=1S/C27H31NO6/c1-6-11-34-24(32)21-22(31)20-16-8-7-15(13-28)26(16,4)10-9-17(20)27(14-29)18(30)12-19(33-5)25(2,3)23(21)27/h6,12,14-15,17,21,23H,1,7-11H2,2-5H3/t15-,17+,21?,23-,26-,27+/m1/s1. The van der Waals surface area contributed by atoms with E-state index in [1.807, 2.05) is 6.92 Å². The van der Waals surface area contributed by atoms with E-state index in [1.54, 1.807) is 13.8 Å². The van der Waals surface area contributed by atoms with Crippen LogP contribution in [-0.4, -0.2) is 37.5 Å². The van der Waals surface area contributed by atoms with Gasteiger partial charge in [0.15, 0.2) is 11.6 Å². The van der Waals surface area contributed by atoms with Gasteiger partial charge < -0.3 is 14.3 Å². The summed E-state index contributed by atoms with van der Waals surface area (Å²) >= 11 is 0. The van der Waals surface area contributed by atoms with Crippen LogP contribution in [-0.2, 0) is 28.7 Å². The molecule has 1 unspecified atom stereocenters. The topological polar surface area (TPSA) is 111 Å². The summed E-state index contributed by atoms with van der Waals surface area (Å²) in [5.74, 6) is -4.47. The van der Waals surface area contributed by atoms with Crippen molar-refractivity contribution in [3.05, 3.63) is 35.6 Å². The normalized spacial score (nSPS) is 38.0. The van der Waals surface area contributed by atoms with Crippen molar-refractivity contribution in [2.75, 3.05) is 13.7 Å². The number of aldehydes is 1. The maximum absolute atomic E-state index is 14.2. The number of nitrogens with zero attached hydrogens (tertiary/aromatic N) is 1. The number of ether oxygens (including phenoxy) is 2. The van der Waals surface area contributed by atoms with Gasteiger partial charge in [-0.15, -0.1) is 0 Å². The lowest BCUT2D eigenvalue weighted by molar-refractivity contribution is -0.170. The van der Waals surface area contributed by atoms with Crippen LogP contribution in [0.4, 0.5) is 0 Å². The Kier molecular flexibility index (Phi) is 5.70. The summed E-state index contributed by atoms with van der Waals surface area (Å²) in [6, 6.07) is 2.38. The van der Waals surface area contributed by atoms with E-state index in [2.05, 4.69) is 12.6 Å². The van der Waals surface area contributed by atoms with Gasteiger partial charge in [-0.2, -0.15) is 5.26 Å². The summed E-state index contributed by atoms with van der Waals surface area (Å²) in [7, 11) is 1.43. The van der Waals surface area contributed by atoms with Crippen LogP contribution in [0.2, 0.25) is 0 Å². The van der Waals surface area contributed by atoms with E-state index in [0.717, 1.165) is 5.57 Å². The van der Waals surface area contributed by atoms with Crippen molar-refractivity contribution in [1.82, 2.24) is 0 Å². The number of rotatable bonds is 5. The number of Topliss-reactive ketones (excluding diaryl/α,β-unsaturated/α-hetero) is 1. The molecule has 0 N–H and O–H groups in total. The molecule has 2 saturated carbocycles. The van der Waals surface area contributed by atoms with E-state index in [0.29, 0.717) is 43.3 Å². The maximum atomic E-state index is 14.2. The Balaban J connectivity index is 2.03. The number of esters is 1. The van der Waals surface area contributed by atoms with E-state index < -0.39 is 45.8 Å². The SMILES string of the molecule is C=CCOC(=O)C1C(=O)C2=C3CC[C@H](C#N)[C@@]3(C)CC[C@@H]2[C@@]2(C=O)C(=O)C=C(OC)C(C)(C)[C@@H]12. The Labute approximate surface area is 199 Å². The molecule has 4 rings (SSSR count). The third kappa shape index (κ3) is 2.87. The Morgan fingerprint density at radius 3 is 2.59 bits per heavy atom. The van der Waals surface area contributed by atoms with E-state index in [9.17, 15) is 24.4 Å². The lowest BCUT2D eigenvalue weighted by atomic mass is 9.42. The van der Waals surface area contributed by atoms with Gasteiger partial charge in [0.2, 0.25) is 0 Å². The Morgan fingerprint density at radius 1 is 1.29 bits per heavy atom. The van der Waals surface area contributed by atoms with E-state index >= 15 is 0 Å². The maximum Gasteiger partial charge on any atom is 0.317 e. The third-order valence-corrected chi connectivity index (χ3v) is 9.01. The van der Waals surface area contributed by atoms with Crippen molar-refractivity contribution < 1.29 is 28.7 Å². The fourth-order valence-electron chi connectivity index (χ4n) is 7.42. The average Bonchev–Trinajstić information content (AvgIpc) is 3.15. The zero-order valence-electron chi connectivity index (χ0n) is 20.2. The predicted octanol–water partition coefficient (Wildman–Crippen LogP) is 3.50. The molecule has 34 heavy (non-hydrogen) atoms. The fourth-order valence-corrected chi connectivity index (χ4v) is 7.42. The third-order valence-electron chi connectivity index (χ3n) is 9.01. The van der Waals surface area contributed by atoms with E-state index in [-0.39, 0.29) is 18.3 Å². The van der Waals surface area contributed by atoms with Crippen LogP contribution in [0.1, 0.15) is 46.5 Å². The van der Waals surface area contributed by atoms with Gasteiger partial charge in [-0.05, 0) is 25.7 Å². The van der Waals surface area contributed by atoms with Gasteiger partial charge in [-0.25, -0.2) is 0 Å². The summed E-state index contributed by atoms with van der Waals surface area (Å²) < 4.78 is 10.9. The molecule has 7 nitrogen and oxygen atoms in total. The number of carbonyl (C=O) groups excluding carboxylic acids is 4. The molecule has 0 amide bonds. The minimum absolute atomic E-state index is 0.0890. The number of ketones is 2. The lowest BCUT2D eigenvalue weighted by Gasteiger charge is -2.58. The first-order valence-electron chi connectivity index (χ1n) is 11.8. The highest BCUT2D eigenvalue weighted by molar-refractivity contribution is 6.17. The molecular formula is C27H31NO6. The van der Waals surface area contributed by atoms with Gasteiger partial charge in [0.05, 0.1) is 19.1 Å². The minimum Gasteiger partial charge on any atom is -0.500 e. The fraction of sp³-hybridized carbons (Fsp3) is 0.593. The largest absolute Gasteiger partial charge is 0.500 e. The highest BCUT2D eigenvalue weighted by Crippen LogP contribution is 2.66. The number of methoxy groups -OCH3 is 1. The quantitative estimate of drug-likeness (QED) is 0.264. The number of hydrogen-bond donors (Lipinski definition) is 0. The highest BCUT2D eigenvalue weighted by atomic mass is 16.5. The van der Waals surface area contributed by atoms with Gasteiger partial charge in [0, 0.05) is 34.3 Å². The second-order valence-corrected chi connectivity index (χ2v) is 10.7. The van der Waals surface area contributed by atoms with Crippen LogP contribution in [0, 0.1) is 51.2 Å². The Bertz CT molecular complexity index is 1090. The van der Waals surface area contributed by atoms with Crippen LogP contribution in [0.5, 0.6) is 0 Å².